The molecule has 0 saturated heterocycles. The van der Waals surface area contributed by atoms with Crippen molar-refractivity contribution in [2.45, 2.75) is 46.0 Å². The van der Waals surface area contributed by atoms with E-state index in [1.807, 2.05) is 24.3 Å². The minimum absolute atomic E-state index is 0.145. The van der Waals surface area contributed by atoms with Crippen LogP contribution in [0.15, 0.2) is 36.4 Å². The summed E-state index contributed by atoms with van der Waals surface area (Å²) in [5.74, 6) is 0.557. The number of hydrogen-bond acceptors (Lipinski definition) is 2. The quantitative estimate of drug-likeness (QED) is 0.825. The Balaban J connectivity index is 1.79. The molecule has 2 heteroatoms. The highest BCUT2D eigenvalue weighted by Crippen LogP contribution is 2.41. The Labute approximate surface area is 126 Å². The fraction of sp³-hybridized carbons (Fsp3) is 0.474. The Morgan fingerprint density at radius 2 is 2.00 bits per heavy atom. The van der Waals surface area contributed by atoms with Crippen molar-refractivity contribution >= 4 is 16.7 Å². The van der Waals surface area contributed by atoms with Crippen LogP contribution >= 0.6 is 0 Å². The van der Waals surface area contributed by atoms with Crippen LogP contribution in [0.4, 0.5) is 0 Å². The van der Waals surface area contributed by atoms with Gasteiger partial charge in [0.1, 0.15) is 5.78 Å². The van der Waals surface area contributed by atoms with Crippen LogP contribution in [0.2, 0.25) is 0 Å². The van der Waals surface area contributed by atoms with Gasteiger partial charge in [-0.1, -0.05) is 51.0 Å². The zero-order valence-corrected chi connectivity index (χ0v) is 12.9. The molecule has 0 radical (unpaired) electrons. The highest BCUT2D eigenvalue weighted by molar-refractivity contribution is 5.85. The molecular formula is C19H23NO. The highest BCUT2D eigenvalue weighted by Gasteiger charge is 2.36. The molecule has 1 aliphatic carbocycles. The van der Waals surface area contributed by atoms with Crippen LogP contribution in [0.1, 0.15) is 45.2 Å². The van der Waals surface area contributed by atoms with Gasteiger partial charge in [0.05, 0.1) is 5.52 Å². The Morgan fingerprint density at radius 3 is 2.81 bits per heavy atom. The second kappa shape index (κ2) is 5.59. The number of para-hydroxylation sites is 1. The highest BCUT2D eigenvalue weighted by atomic mass is 16.1. The number of rotatable bonds is 3. The summed E-state index contributed by atoms with van der Waals surface area (Å²) in [4.78, 5) is 17.3. The van der Waals surface area contributed by atoms with Gasteiger partial charge in [0.2, 0.25) is 0 Å². The maximum Gasteiger partial charge on any atom is 0.142 e. The summed E-state index contributed by atoms with van der Waals surface area (Å²) in [5.41, 5.74) is 2.03. The summed E-state index contributed by atoms with van der Waals surface area (Å²) >= 11 is 0. The third kappa shape index (κ3) is 2.99. The first-order valence-corrected chi connectivity index (χ1v) is 7.94. The number of carbonyl (C=O) groups is 1. The topological polar surface area (TPSA) is 30.0 Å². The molecule has 2 nitrogen and oxygen atoms in total. The van der Waals surface area contributed by atoms with E-state index in [0.29, 0.717) is 12.2 Å². The number of benzene rings is 1. The van der Waals surface area contributed by atoms with E-state index in [2.05, 4.69) is 31.0 Å². The molecule has 110 valence electrons. The van der Waals surface area contributed by atoms with Gasteiger partial charge in [-0.25, -0.2) is 0 Å². The fourth-order valence-corrected chi connectivity index (χ4v) is 3.60. The molecule has 21 heavy (non-hydrogen) atoms. The monoisotopic (exact) mass is 281 g/mol. The minimum Gasteiger partial charge on any atom is -0.299 e. The summed E-state index contributed by atoms with van der Waals surface area (Å²) in [5, 5.41) is 1.13. The van der Waals surface area contributed by atoms with E-state index in [0.717, 1.165) is 29.4 Å². The average Bonchev–Trinajstić information content (AvgIpc) is 2.46. The summed E-state index contributed by atoms with van der Waals surface area (Å²) < 4.78 is 0. The molecule has 1 aliphatic rings. The van der Waals surface area contributed by atoms with Crippen molar-refractivity contribution in [3.63, 3.8) is 0 Å². The molecule has 1 unspecified atom stereocenters. The predicted octanol–water partition coefficient (Wildman–Crippen LogP) is 4.56. The van der Waals surface area contributed by atoms with Gasteiger partial charge in [-0.2, -0.15) is 0 Å². The zero-order chi connectivity index (χ0) is 14.9. The lowest BCUT2D eigenvalue weighted by molar-refractivity contribution is -0.127. The molecule has 1 aromatic carbocycles. The second-order valence-electron chi connectivity index (χ2n) is 6.93. The smallest absolute Gasteiger partial charge is 0.142 e. The molecule has 0 aliphatic heterocycles. The van der Waals surface area contributed by atoms with Crippen LogP contribution in [-0.2, 0) is 11.2 Å². The molecule has 0 spiro atoms. The van der Waals surface area contributed by atoms with Crippen molar-refractivity contribution in [1.29, 1.82) is 0 Å². The molecule has 1 heterocycles. The van der Waals surface area contributed by atoms with Gasteiger partial charge >= 0.3 is 0 Å². The van der Waals surface area contributed by atoms with E-state index >= 15 is 0 Å². The molecule has 1 saturated carbocycles. The van der Waals surface area contributed by atoms with Gasteiger partial charge < -0.3 is 0 Å². The molecule has 0 N–H and O–H groups in total. The van der Waals surface area contributed by atoms with Crippen molar-refractivity contribution in [1.82, 2.24) is 4.98 Å². The second-order valence-corrected chi connectivity index (χ2v) is 6.93. The number of hydrogen-bond donors (Lipinski definition) is 0. The average molecular weight is 281 g/mol. The molecule has 3 rings (SSSR count). The van der Waals surface area contributed by atoms with Crippen LogP contribution in [0.25, 0.3) is 10.9 Å². The van der Waals surface area contributed by atoms with Crippen LogP contribution in [0.3, 0.4) is 0 Å². The van der Waals surface area contributed by atoms with E-state index in [4.69, 9.17) is 0 Å². The van der Waals surface area contributed by atoms with Gasteiger partial charge in [0.15, 0.2) is 0 Å². The van der Waals surface area contributed by atoms with Crippen molar-refractivity contribution in [3.05, 3.63) is 42.1 Å². The Hall–Kier alpha value is -1.70. The fourth-order valence-electron chi connectivity index (χ4n) is 3.60. The van der Waals surface area contributed by atoms with E-state index in [1.54, 1.807) is 0 Å². The SMILES string of the molecule is CC1(C)CCCCC1C(=O)Cc1ccc2ccccc2n1. The van der Waals surface area contributed by atoms with Crippen LogP contribution in [0, 0.1) is 11.3 Å². The van der Waals surface area contributed by atoms with Crippen molar-refractivity contribution in [3.8, 4) is 0 Å². The summed E-state index contributed by atoms with van der Waals surface area (Å²) in [6.45, 7) is 4.48. The maximum atomic E-state index is 12.7. The Kier molecular flexibility index (Phi) is 3.79. The van der Waals surface area contributed by atoms with Gasteiger partial charge in [0, 0.05) is 23.4 Å². The number of nitrogens with zero attached hydrogens (tertiary/aromatic N) is 1. The van der Waals surface area contributed by atoms with E-state index < -0.39 is 0 Å². The van der Waals surface area contributed by atoms with Crippen LogP contribution in [-0.4, -0.2) is 10.8 Å². The van der Waals surface area contributed by atoms with E-state index in [9.17, 15) is 4.79 Å². The maximum absolute atomic E-state index is 12.7. The molecule has 1 atom stereocenters. The Morgan fingerprint density at radius 1 is 1.19 bits per heavy atom. The lowest BCUT2D eigenvalue weighted by Gasteiger charge is -2.37. The zero-order valence-electron chi connectivity index (χ0n) is 12.9. The van der Waals surface area contributed by atoms with E-state index in [-0.39, 0.29) is 11.3 Å². The molecular weight excluding hydrogens is 258 g/mol. The number of ketones is 1. The molecule has 0 bridgehead atoms. The molecule has 2 aromatic rings. The van der Waals surface area contributed by atoms with Crippen molar-refractivity contribution in [2.24, 2.45) is 11.3 Å². The van der Waals surface area contributed by atoms with Gasteiger partial charge in [0.25, 0.3) is 0 Å². The molecule has 1 fully saturated rings. The summed E-state index contributed by atoms with van der Waals surface area (Å²) in [6.07, 6.45) is 5.11. The van der Waals surface area contributed by atoms with Crippen molar-refractivity contribution < 1.29 is 4.79 Å². The first-order chi connectivity index (χ1) is 10.1. The molecule has 0 amide bonds. The number of aromatic nitrogens is 1. The first-order valence-electron chi connectivity index (χ1n) is 7.94. The van der Waals surface area contributed by atoms with Gasteiger partial charge in [-0.3, -0.25) is 9.78 Å². The number of fused-ring (bicyclic) bond motifs is 1. The summed E-state index contributed by atoms with van der Waals surface area (Å²) in [6, 6.07) is 12.1. The number of pyridine rings is 1. The van der Waals surface area contributed by atoms with Crippen LogP contribution in [0.5, 0.6) is 0 Å². The number of Topliss-reactive ketones (excluding diaryl/α,β-unsaturated/α-hetero) is 1. The molecule has 1 aromatic heterocycles. The van der Waals surface area contributed by atoms with Gasteiger partial charge in [-0.05, 0) is 30.4 Å². The third-order valence-corrected chi connectivity index (χ3v) is 4.91. The predicted molar refractivity (Wildman–Crippen MR) is 86.2 cm³/mol. The first kappa shape index (κ1) is 14.2. The third-order valence-electron chi connectivity index (χ3n) is 4.91. The van der Waals surface area contributed by atoms with Crippen molar-refractivity contribution in [2.75, 3.05) is 0 Å². The van der Waals surface area contributed by atoms with Gasteiger partial charge in [-0.15, -0.1) is 0 Å². The normalized spacial score (nSPS) is 21.3. The number of carbonyl (C=O) groups excluding carboxylic acids is 1. The standard InChI is InChI=1S/C19H23NO/c1-19(2)12-6-5-8-16(19)18(21)13-15-11-10-14-7-3-4-9-17(14)20-15/h3-4,7,9-11,16H,5-6,8,12-13H2,1-2H3. The largest absolute Gasteiger partial charge is 0.299 e. The summed E-state index contributed by atoms with van der Waals surface area (Å²) in [7, 11) is 0. The minimum atomic E-state index is 0.145. The lowest BCUT2D eigenvalue weighted by atomic mass is 9.66. The van der Waals surface area contributed by atoms with Crippen LogP contribution < -0.4 is 0 Å². The lowest BCUT2D eigenvalue weighted by Crippen LogP contribution is -2.35. The van der Waals surface area contributed by atoms with E-state index in [1.165, 1.54) is 12.8 Å². The Bertz CT molecular complexity index is 659.